The third-order valence-corrected chi connectivity index (χ3v) is 4.05. The molecule has 0 atom stereocenters. The van der Waals surface area contributed by atoms with E-state index in [0.717, 1.165) is 13.0 Å². The largest absolute Gasteiger partial charge is 0.493 e. The van der Waals surface area contributed by atoms with Crippen LogP contribution in [0.25, 0.3) is 0 Å². The summed E-state index contributed by atoms with van der Waals surface area (Å²) in [6.07, 6.45) is 0.916. The number of carbonyl (C=O) groups is 2. The van der Waals surface area contributed by atoms with Crippen molar-refractivity contribution < 1.29 is 28.5 Å². The summed E-state index contributed by atoms with van der Waals surface area (Å²) in [6.45, 7) is 1.62. The Labute approximate surface area is 160 Å². The highest BCUT2D eigenvalue weighted by Gasteiger charge is 2.22. The Morgan fingerprint density at radius 1 is 0.889 bits per heavy atom. The molecule has 8 heteroatoms. The van der Waals surface area contributed by atoms with E-state index in [1.165, 1.54) is 28.4 Å². The van der Waals surface area contributed by atoms with E-state index in [9.17, 15) is 9.59 Å². The quantitative estimate of drug-likeness (QED) is 0.539. The number of methoxy groups -OCH3 is 4. The molecular weight excluding hydrogens is 352 g/mol. The first-order chi connectivity index (χ1) is 12.9. The van der Waals surface area contributed by atoms with Crippen molar-refractivity contribution in [2.45, 2.75) is 12.8 Å². The molecule has 1 rings (SSSR count). The van der Waals surface area contributed by atoms with Gasteiger partial charge in [-0.05, 0) is 39.2 Å². The predicted molar refractivity (Wildman–Crippen MR) is 102 cm³/mol. The molecule has 27 heavy (non-hydrogen) atoms. The van der Waals surface area contributed by atoms with E-state index >= 15 is 0 Å². The first kappa shape index (κ1) is 22.6. The van der Waals surface area contributed by atoms with Gasteiger partial charge >= 0.3 is 5.97 Å². The van der Waals surface area contributed by atoms with Crippen LogP contribution >= 0.6 is 0 Å². The van der Waals surface area contributed by atoms with Crippen LogP contribution < -0.4 is 14.2 Å². The SMILES string of the molecule is COC(=O)CCN(CCCN(C)C)C(=O)c1cc(OC)c(OC)c(OC)c1. The van der Waals surface area contributed by atoms with Gasteiger partial charge in [0.25, 0.3) is 5.91 Å². The zero-order chi connectivity index (χ0) is 20.4. The average molecular weight is 382 g/mol. The van der Waals surface area contributed by atoms with Gasteiger partial charge in [-0.15, -0.1) is 0 Å². The number of amides is 1. The molecule has 0 saturated heterocycles. The van der Waals surface area contributed by atoms with Gasteiger partial charge in [-0.3, -0.25) is 9.59 Å². The van der Waals surface area contributed by atoms with Gasteiger partial charge in [-0.1, -0.05) is 0 Å². The highest BCUT2D eigenvalue weighted by Crippen LogP contribution is 2.38. The van der Waals surface area contributed by atoms with Crippen molar-refractivity contribution in [1.29, 1.82) is 0 Å². The van der Waals surface area contributed by atoms with Gasteiger partial charge < -0.3 is 28.7 Å². The van der Waals surface area contributed by atoms with E-state index in [1.54, 1.807) is 17.0 Å². The zero-order valence-corrected chi connectivity index (χ0v) is 17.0. The number of rotatable bonds is 11. The fourth-order valence-electron chi connectivity index (χ4n) is 2.61. The molecule has 0 fully saturated rings. The van der Waals surface area contributed by atoms with Crippen LogP contribution in [0.2, 0.25) is 0 Å². The van der Waals surface area contributed by atoms with Crippen LogP contribution in [0.3, 0.4) is 0 Å². The highest BCUT2D eigenvalue weighted by atomic mass is 16.5. The lowest BCUT2D eigenvalue weighted by Gasteiger charge is -2.24. The molecule has 0 aliphatic heterocycles. The lowest BCUT2D eigenvalue weighted by molar-refractivity contribution is -0.140. The molecule has 1 aromatic carbocycles. The Morgan fingerprint density at radius 2 is 1.48 bits per heavy atom. The summed E-state index contributed by atoms with van der Waals surface area (Å²) in [5, 5.41) is 0. The fourth-order valence-corrected chi connectivity index (χ4v) is 2.61. The Morgan fingerprint density at radius 3 is 1.93 bits per heavy atom. The molecule has 1 amide bonds. The minimum Gasteiger partial charge on any atom is -0.493 e. The Hall–Kier alpha value is -2.48. The molecule has 0 saturated carbocycles. The summed E-state index contributed by atoms with van der Waals surface area (Å²) < 4.78 is 20.6. The van der Waals surface area contributed by atoms with E-state index in [-0.39, 0.29) is 24.8 Å². The van der Waals surface area contributed by atoms with Crippen LogP contribution in [-0.2, 0) is 9.53 Å². The maximum absolute atomic E-state index is 13.1. The van der Waals surface area contributed by atoms with Gasteiger partial charge in [0, 0.05) is 18.7 Å². The Bertz CT molecular complexity index is 608. The second-order valence-electron chi connectivity index (χ2n) is 6.19. The summed E-state index contributed by atoms with van der Waals surface area (Å²) in [5.41, 5.74) is 0.402. The molecule has 0 N–H and O–H groups in total. The predicted octanol–water partition coefficient (Wildman–Crippen LogP) is 1.67. The van der Waals surface area contributed by atoms with Crippen molar-refractivity contribution in [2.75, 3.05) is 62.2 Å². The van der Waals surface area contributed by atoms with Crippen LogP contribution in [0.5, 0.6) is 17.2 Å². The molecule has 0 unspecified atom stereocenters. The average Bonchev–Trinajstić information content (AvgIpc) is 2.67. The summed E-state index contributed by atoms with van der Waals surface area (Å²) in [5.74, 6) is 0.662. The minimum atomic E-state index is -0.356. The molecular formula is C19H30N2O6. The van der Waals surface area contributed by atoms with E-state index < -0.39 is 0 Å². The molecule has 1 aromatic rings. The van der Waals surface area contributed by atoms with E-state index in [2.05, 4.69) is 0 Å². The third-order valence-electron chi connectivity index (χ3n) is 4.05. The molecule has 0 bridgehead atoms. The molecule has 0 heterocycles. The molecule has 152 valence electrons. The molecule has 0 radical (unpaired) electrons. The van der Waals surface area contributed by atoms with Gasteiger partial charge in [-0.2, -0.15) is 0 Å². The summed E-state index contributed by atoms with van der Waals surface area (Å²) in [6, 6.07) is 3.22. The number of carbonyl (C=O) groups excluding carboxylic acids is 2. The highest BCUT2D eigenvalue weighted by molar-refractivity contribution is 5.96. The van der Waals surface area contributed by atoms with Crippen LogP contribution in [0.15, 0.2) is 12.1 Å². The Kier molecular flexibility index (Phi) is 9.42. The van der Waals surface area contributed by atoms with Crippen LogP contribution in [0, 0.1) is 0 Å². The number of esters is 1. The van der Waals surface area contributed by atoms with Crippen molar-refractivity contribution >= 4 is 11.9 Å². The van der Waals surface area contributed by atoms with Gasteiger partial charge in [0.05, 0.1) is 34.9 Å². The molecule has 0 aromatic heterocycles. The maximum Gasteiger partial charge on any atom is 0.307 e. The van der Waals surface area contributed by atoms with E-state index in [1.807, 2.05) is 19.0 Å². The number of ether oxygens (including phenoxy) is 4. The van der Waals surface area contributed by atoms with Crippen molar-refractivity contribution in [3.05, 3.63) is 17.7 Å². The number of benzene rings is 1. The fraction of sp³-hybridized carbons (Fsp3) is 0.579. The van der Waals surface area contributed by atoms with E-state index in [0.29, 0.717) is 29.4 Å². The van der Waals surface area contributed by atoms with Gasteiger partial charge in [0.1, 0.15) is 0 Å². The minimum absolute atomic E-state index is 0.134. The molecule has 0 aliphatic carbocycles. The maximum atomic E-state index is 13.1. The van der Waals surface area contributed by atoms with Gasteiger partial charge in [0.2, 0.25) is 5.75 Å². The smallest absolute Gasteiger partial charge is 0.307 e. The molecule has 8 nitrogen and oxygen atoms in total. The van der Waals surface area contributed by atoms with Crippen molar-refractivity contribution in [3.8, 4) is 17.2 Å². The van der Waals surface area contributed by atoms with Crippen molar-refractivity contribution in [2.24, 2.45) is 0 Å². The first-order valence-electron chi connectivity index (χ1n) is 8.68. The normalized spacial score (nSPS) is 10.5. The van der Waals surface area contributed by atoms with Gasteiger partial charge in [-0.25, -0.2) is 0 Å². The standard InChI is InChI=1S/C19H30N2O6/c1-20(2)9-7-10-21(11-8-17(22)26-5)19(23)14-12-15(24-3)18(27-6)16(13-14)25-4/h12-13H,7-11H2,1-6H3. The third kappa shape index (κ3) is 6.63. The lowest BCUT2D eigenvalue weighted by Crippen LogP contribution is -2.35. The van der Waals surface area contributed by atoms with Crippen LogP contribution in [0.1, 0.15) is 23.2 Å². The monoisotopic (exact) mass is 382 g/mol. The summed E-state index contributed by atoms with van der Waals surface area (Å²) in [4.78, 5) is 28.3. The number of hydrogen-bond acceptors (Lipinski definition) is 7. The zero-order valence-electron chi connectivity index (χ0n) is 17.0. The van der Waals surface area contributed by atoms with Crippen molar-refractivity contribution in [1.82, 2.24) is 9.80 Å². The second kappa shape index (κ2) is 11.3. The molecule has 0 aliphatic rings. The number of hydrogen-bond donors (Lipinski definition) is 0. The lowest BCUT2D eigenvalue weighted by atomic mass is 10.1. The van der Waals surface area contributed by atoms with Crippen LogP contribution in [-0.4, -0.2) is 83.8 Å². The van der Waals surface area contributed by atoms with E-state index in [4.69, 9.17) is 18.9 Å². The first-order valence-corrected chi connectivity index (χ1v) is 8.68. The summed E-state index contributed by atoms with van der Waals surface area (Å²) >= 11 is 0. The molecule has 0 spiro atoms. The topological polar surface area (TPSA) is 77.5 Å². The van der Waals surface area contributed by atoms with Crippen molar-refractivity contribution in [3.63, 3.8) is 0 Å². The number of nitrogens with zero attached hydrogens (tertiary/aromatic N) is 2. The van der Waals surface area contributed by atoms with Crippen LogP contribution in [0.4, 0.5) is 0 Å². The van der Waals surface area contributed by atoms with Gasteiger partial charge in [0.15, 0.2) is 11.5 Å². The summed E-state index contributed by atoms with van der Waals surface area (Å²) in [7, 11) is 9.78. The Balaban J connectivity index is 3.09. The second-order valence-corrected chi connectivity index (χ2v) is 6.19.